The molecule has 1 aliphatic carbocycles. The fraction of sp³-hybridized carbons (Fsp3) is 0.571. The van der Waals surface area contributed by atoms with Crippen molar-refractivity contribution in [2.75, 3.05) is 23.8 Å². The number of hydrogen-bond acceptors (Lipinski definition) is 4. The first-order chi connectivity index (χ1) is 8.60. The lowest BCUT2D eigenvalue weighted by molar-refractivity contribution is 0.242. The van der Waals surface area contributed by atoms with Crippen LogP contribution in [0.25, 0.3) is 0 Å². The van der Waals surface area contributed by atoms with Crippen LogP contribution in [0.1, 0.15) is 26.7 Å². The number of benzene rings is 1. The molecule has 0 unspecified atom stereocenters. The van der Waals surface area contributed by atoms with E-state index in [1.807, 2.05) is 32.0 Å². The van der Waals surface area contributed by atoms with Gasteiger partial charge in [0.1, 0.15) is 5.75 Å². The van der Waals surface area contributed by atoms with Crippen molar-refractivity contribution in [2.45, 2.75) is 38.8 Å². The van der Waals surface area contributed by atoms with Gasteiger partial charge in [0.05, 0.1) is 12.7 Å². The zero-order chi connectivity index (χ0) is 13.1. The van der Waals surface area contributed by atoms with Crippen molar-refractivity contribution >= 4 is 11.4 Å². The Labute approximate surface area is 108 Å². The van der Waals surface area contributed by atoms with Gasteiger partial charge in [0, 0.05) is 36.1 Å². The maximum Gasteiger partial charge on any atom is 0.123 e. The summed E-state index contributed by atoms with van der Waals surface area (Å²) >= 11 is 0. The molecule has 2 rings (SSSR count). The second-order valence-electron chi connectivity index (χ2n) is 5.08. The quantitative estimate of drug-likeness (QED) is 0.758. The Balaban J connectivity index is 2.22. The molecule has 0 aromatic heterocycles. The van der Waals surface area contributed by atoms with Crippen LogP contribution in [0.3, 0.4) is 0 Å². The van der Waals surface area contributed by atoms with Crippen molar-refractivity contribution in [3.8, 4) is 5.75 Å². The monoisotopic (exact) mass is 250 g/mol. The number of aliphatic hydroxyl groups excluding tert-OH is 1. The number of aliphatic hydroxyl groups is 1. The van der Waals surface area contributed by atoms with E-state index in [9.17, 15) is 0 Å². The Kier molecular flexibility index (Phi) is 3.97. The van der Waals surface area contributed by atoms with Gasteiger partial charge < -0.3 is 20.5 Å². The fourth-order valence-electron chi connectivity index (χ4n) is 2.13. The number of hydrogen-bond donors (Lipinski definition) is 2. The summed E-state index contributed by atoms with van der Waals surface area (Å²) in [5.41, 5.74) is 7.66. The Morgan fingerprint density at radius 1 is 1.39 bits per heavy atom. The molecule has 4 nitrogen and oxygen atoms in total. The first-order valence-electron chi connectivity index (χ1n) is 6.55. The van der Waals surface area contributed by atoms with Gasteiger partial charge in [-0.15, -0.1) is 0 Å². The summed E-state index contributed by atoms with van der Waals surface area (Å²) in [5, 5.41) is 9.15. The van der Waals surface area contributed by atoms with Crippen LogP contribution >= 0.6 is 0 Å². The molecule has 1 aromatic carbocycles. The smallest absolute Gasteiger partial charge is 0.123 e. The number of nitrogens with two attached hydrogens (primary N) is 1. The molecule has 3 N–H and O–H groups in total. The average Bonchev–Trinajstić information content (AvgIpc) is 3.07. The molecule has 0 amide bonds. The van der Waals surface area contributed by atoms with Crippen LogP contribution in [0.5, 0.6) is 5.75 Å². The van der Waals surface area contributed by atoms with E-state index >= 15 is 0 Å². The minimum absolute atomic E-state index is 0.131. The second kappa shape index (κ2) is 5.48. The first-order valence-corrected chi connectivity index (χ1v) is 6.55. The molecule has 0 radical (unpaired) electrons. The van der Waals surface area contributed by atoms with E-state index in [1.165, 1.54) is 12.8 Å². The van der Waals surface area contributed by atoms with Crippen molar-refractivity contribution in [2.24, 2.45) is 0 Å². The van der Waals surface area contributed by atoms with Gasteiger partial charge in [0.15, 0.2) is 0 Å². The molecular formula is C14H22N2O2. The number of nitrogen functional groups attached to an aromatic ring is 1. The minimum Gasteiger partial charge on any atom is -0.491 e. The maximum absolute atomic E-state index is 9.15. The van der Waals surface area contributed by atoms with E-state index in [-0.39, 0.29) is 12.7 Å². The van der Waals surface area contributed by atoms with Crippen molar-refractivity contribution in [3.05, 3.63) is 18.2 Å². The highest BCUT2D eigenvalue weighted by molar-refractivity contribution is 5.61. The number of ether oxygens (including phenoxy) is 1. The lowest BCUT2D eigenvalue weighted by Gasteiger charge is -2.25. The highest BCUT2D eigenvalue weighted by Crippen LogP contribution is 2.34. The van der Waals surface area contributed by atoms with E-state index in [2.05, 4.69) is 4.90 Å². The van der Waals surface area contributed by atoms with Gasteiger partial charge in [-0.05, 0) is 32.8 Å². The normalized spacial score (nSPS) is 14.9. The predicted octanol–water partition coefficient (Wildman–Crippen LogP) is 2.02. The van der Waals surface area contributed by atoms with E-state index < -0.39 is 0 Å². The van der Waals surface area contributed by atoms with E-state index in [1.54, 1.807) is 0 Å². The SMILES string of the molecule is CC(C)Oc1cc(N)cc(N(CCO)C2CC2)c1. The Bertz CT molecular complexity index is 403. The largest absolute Gasteiger partial charge is 0.491 e. The highest BCUT2D eigenvalue weighted by atomic mass is 16.5. The van der Waals surface area contributed by atoms with Crippen molar-refractivity contribution in [1.82, 2.24) is 0 Å². The van der Waals surface area contributed by atoms with Crippen LogP contribution in [-0.2, 0) is 0 Å². The Morgan fingerprint density at radius 2 is 2.11 bits per heavy atom. The third kappa shape index (κ3) is 3.29. The molecule has 0 atom stereocenters. The molecule has 100 valence electrons. The van der Waals surface area contributed by atoms with Crippen molar-refractivity contribution < 1.29 is 9.84 Å². The zero-order valence-corrected chi connectivity index (χ0v) is 11.1. The minimum atomic E-state index is 0.131. The molecule has 0 saturated heterocycles. The number of nitrogens with zero attached hydrogens (tertiary/aromatic N) is 1. The highest BCUT2D eigenvalue weighted by Gasteiger charge is 2.29. The van der Waals surface area contributed by atoms with Gasteiger partial charge in [0.2, 0.25) is 0 Å². The Morgan fingerprint density at radius 3 is 2.67 bits per heavy atom. The van der Waals surface area contributed by atoms with Gasteiger partial charge in [-0.2, -0.15) is 0 Å². The van der Waals surface area contributed by atoms with Crippen LogP contribution in [-0.4, -0.2) is 30.4 Å². The van der Waals surface area contributed by atoms with Crippen molar-refractivity contribution in [1.29, 1.82) is 0 Å². The van der Waals surface area contributed by atoms with Crippen LogP contribution in [0, 0.1) is 0 Å². The fourth-order valence-corrected chi connectivity index (χ4v) is 2.13. The van der Waals surface area contributed by atoms with Crippen LogP contribution in [0.4, 0.5) is 11.4 Å². The zero-order valence-electron chi connectivity index (χ0n) is 11.1. The third-order valence-electron chi connectivity index (χ3n) is 2.95. The average molecular weight is 250 g/mol. The number of rotatable bonds is 6. The Hall–Kier alpha value is -1.42. The van der Waals surface area contributed by atoms with Crippen LogP contribution in [0.15, 0.2) is 18.2 Å². The van der Waals surface area contributed by atoms with Crippen LogP contribution < -0.4 is 15.4 Å². The van der Waals surface area contributed by atoms with Gasteiger partial charge in [-0.3, -0.25) is 0 Å². The number of anilines is 2. The molecule has 0 spiro atoms. The molecule has 1 aliphatic rings. The van der Waals surface area contributed by atoms with Gasteiger partial charge in [-0.25, -0.2) is 0 Å². The summed E-state index contributed by atoms with van der Waals surface area (Å²) in [6, 6.07) is 6.34. The molecule has 4 heteroatoms. The van der Waals surface area contributed by atoms with E-state index in [4.69, 9.17) is 15.6 Å². The van der Waals surface area contributed by atoms with E-state index in [0.717, 1.165) is 11.4 Å². The van der Waals surface area contributed by atoms with E-state index in [0.29, 0.717) is 18.3 Å². The standard InChI is InChI=1S/C14H22N2O2/c1-10(2)18-14-8-11(15)7-13(9-14)16(5-6-17)12-3-4-12/h7-10,12,17H,3-6,15H2,1-2H3. The lowest BCUT2D eigenvalue weighted by atomic mass is 10.2. The predicted molar refractivity (Wildman–Crippen MR) is 74.1 cm³/mol. The summed E-state index contributed by atoms with van der Waals surface area (Å²) in [7, 11) is 0. The van der Waals surface area contributed by atoms with Crippen molar-refractivity contribution in [3.63, 3.8) is 0 Å². The first kappa shape index (κ1) is 13.0. The molecule has 1 saturated carbocycles. The summed E-state index contributed by atoms with van der Waals surface area (Å²) < 4.78 is 5.69. The molecule has 18 heavy (non-hydrogen) atoms. The molecular weight excluding hydrogens is 228 g/mol. The topological polar surface area (TPSA) is 58.7 Å². The summed E-state index contributed by atoms with van der Waals surface area (Å²) in [6.07, 6.45) is 2.51. The molecule has 0 bridgehead atoms. The maximum atomic E-state index is 9.15. The molecule has 0 aliphatic heterocycles. The van der Waals surface area contributed by atoms with Gasteiger partial charge >= 0.3 is 0 Å². The van der Waals surface area contributed by atoms with Gasteiger partial charge in [-0.1, -0.05) is 0 Å². The third-order valence-corrected chi connectivity index (χ3v) is 2.95. The van der Waals surface area contributed by atoms with Gasteiger partial charge in [0.25, 0.3) is 0 Å². The summed E-state index contributed by atoms with van der Waals surface area (Å²) in [6.45, 7) is 4.80. The van der Waals surface area contributed by atoms with Crippen LogP contribution in [0.2, 0.25) is 0 Å². The summed E-state index contributed by atoms with van der Waals surface area (Å²) in [4.78, 5) is 2.21. The second-order valence-corrected chi connectivity index (χ2v) is 5.08. The molecule has 0 heterocycles. The molecule has 1 aromatic rings. The molecule has 1 fully saturated rings. The summed E-state index contributed by atoms with van der Waals surface area (Å²) in [5.74, 6) is 0.795. The lowest BCUT2D eigenvalue weighted by Crippen LogP contribution is -2.29.